The summed E-state index contributed by atoms with van der Waals surface area (Å²) in [6.45, 7) is 4.98. The van der Waals surface area contributed by atoms with Gasteiger partial charge in [-0.1, -0.05) is 0 Å². The van der Waals surface area contributed by atoms with Gasteiger partial charge in [0.15, 0.2) is 5.69 Å². The SMILES string of the molecule is CCOC(=O)N1CCO[C@@H](Cc2c(C(=O)Nc3cc(F)cc(F)c3)nc3cc(C)ccn23)C1. The summed E-state index contributed by atoms with van der Waals surface area (Å²) in [7, 11) is 0. The number of nitrogens with one attached hydrogen (secondary N) is 1. The second-order valence-electron chi connectivity index (χ2n) is 7.79. The van der Waals surface area contributed by atoms with Crippen LogP contribution < -0.4 is 5.32 Å². The Kier molecular flexibility index (Phi) is 6.55. The smallest absolute Gasteiger partial charge is 0.409 e. The van der Waals surface area contributed by atoms with Crippen LogP contribution in [0.2, 0.25) is 0 Å². The highest BCUT2D eigenvalue weighted by atomic mass is 19.1. The van der Waals surface area contributed by atoms with E-state index >= 15 is 0 Å². The zero-order valence-electron chi connectivity index (χ0n) is 18.3. The Bertz CT molecular complexity index is 1180. The van der Waals surface area contributed by atoms with Gasteiger partial charge in [-0.05, 0) is 43.7 Å². The largest absolute Gasteiger partial charge is 0.450 e. The van der Waals surface area contributed by atoms with Crippen LogP contribution in [0.4, 0.5) is 19.3 Å². The fraction of sp³-hybridized carbons (Fsp3) is 0.348. The number of carbonyl (C=O) groups excluding carboxylic acids is 2. The fourth-order valence-corrected chi connectivity index (χ4v) is 3.83. The lowest BCUT2D eigenvalue weighted by molar-refractivity contribution is -0.0263. The molecule has 1 atom stereocenters. The summed E-state index contributed by atoms with van der Waals surface area (Å²) in [5.41, 5.74) is 2.18. The summed E-state index contributed by atoms with van der Waals surface area (Å²) >= 11 is 0. The molecule has 10 heteroatoms. The molecule has 1 aromatic carbocycles. The van der Waals surface area contributed by atoms with Gasteiger partial charge in [-0.3, -0.25) is 4.79 Å². The number of anilines is 1. The number of halogens is 2. The number of pyridine rings is 1. The molecule has 2 amide bonds. The molecular formula is C23H24F2N4O4. The van der Waals surface area contributed by atoms with E-state index in [0.29, 0.717) is 37.5 Å². The lowest BCUT2D eigenvalue weighted by Crippen LogP contribution is -2.46. The summed E-state index contributed by atoms with van der Waals surface area (Å²) in [5.74, 6) is -2.20. The Balaban J connectivity index is 1.63. The first-order chi connectivity index (χ1) is 15.8. The number of rotatable bonds is 5. The quantitative estimate of drug-likeness (QED) is 0.632. The number of imidazole rings is 1. The number of aromatic nitrogens is 2. The van der Waals surface area contributed by atoms with E-state index in [1.807, 2.05) is 19.1 Å². The molecule has 0 bridgehead atoms. The minimum Gasteiger partial charge on any atom is -0.450 e. The van der Waals surface area contributed by atoms with Crippen molar-refractivity contribution in [1.82, 2.24) is 14.3 Å². The highest BCUT2D eigenvalue weighted by molar-refractivity contribution is 6.04. The van der Waals surface area contributed by atoms with Crippen LogP contribution in [-0.4, -0.2) is 58.7 Å². The van der Waals surface area contributed by atoms with Gasteiger partial charge >= 0.3 is 6.09 Å². The molecule has 3 heterocycles. The third-order valence-corrected chi connectivity index (χ3v) is 5.30. The number of fused-ring (bicyclic) bond motifs is 1. The summed E-state index contributed by atoms with van der Waals surface area (Å²) < 4.78 is 39.8. The van der Waals surface area contributed by atoms with Crippen LogP contribution in [0, 0.1) is 18.6 Å². The molecule has 4 rings (SSSR count). The van der Waals surface area contributed by atoms with Gasteiger partial charge < -0.3 is 24.1 Å². The maximum Gasteiger partial charge on any atom is 0.409 e. The van der Waals surface area contributed by atoms with Gasteiger partial charge in [0, 0.05) is 30.9 Å². The lowest BCUT2D eigenvalue weighted by atomic mass is 10.1. The van der Waals surface area contributed by atoms with Gasteiger partial charge in [0.2, 0.25) is 0 Å². The molecule has 8 nitrogen and oxygen atoms in total. The average Bonchev–Trinajstić information content (AvgIpc) is 3.11. The number of carbonyl (C=O) groups is 2. The normalized spacial score (nSPS) is 16.1. The number of ether oxygens (including phenoxy) is 2. The molecule has 1 N–H and O–H groups in total. The first-order valence-corrected chi connectivity index (χ1v) is 10.6. The third kappa shape index (κ3) is 5.11. The van der Waals surface area contributed by atoms with Crippen molar-refractivity contribution in [2.75, 3.05) is 31.6 Å². The number of hydrogen-bond donors (Lipinski definition) is 1. The Labute approximate surface area is 189 Å². The minimum atomic E-state index is -0.800. The number of aryl methyl sites for hydroxylation is 1. The third-order valence-electron chi connectivity index (χ3n) is 5.30. The van der Waals surface area contributed by atoms with Crippen molar-refractivity contribution in [2.24, 2.45) is 0 Å². The van der Waals surface area contributed by atoms with Gasteiger partial charge in [0.25, 0.3) is 5.91 Å². The molecule has 1 aliphatic rings. The second-order valence-corrected chi connectivity index (χ2v) is 7.79. The first kappa shape index (κ1) is 22.7. The second kappa shape index (κ2) is 9.53. The van der Waals surface area contributed by atoms with E-state index in [1.165, 1.54) is 0 Å². The van der Waals surface area contributed by atoms with E-state index < -0.39 is 23.6 Å². The maximum absolute atomic E-state index is 13.6. The summed E-state index contributed by atoms with van der Waals surface area (Å²) in [6.07, 6.45) is 1.30. The molecule has 0 radical (unpaired) electrons. The van der Waals surface area contributed by atoms with E-state index in [9.17, 15) is 18.4 Å². The van der Waals surface area contributed by atoms with Crippen molar-refractivity contribution in [3.8, 4) is 0 Å². The molecule has 1 saturated heterocycles. The highest BCUT2D eigenvalue weighted by Crippen LogP contribution is 2.21. The van der Waals surface area contributed by atoms with Crippen molar-refractivity contribution in [3.05, 3.63) is 65.1 Å². The number of nitrogens with zero attached hydrogens (tertiary/aromatic N) is 3. The van der Waals surface area contributed by atoms with Crippen molar-refractivity contribution < 1.29 is 27.8 Å². The molecular weight excluding hydrogens is 434 g/mol. The summed E-state index contributed by atoms with van der Waals surface area (Å²) in [5, 5.41) is 2.52. The van der Waals surface area contributed by atoms with Crippen molar-refractivity contribution in [2.45, 2.75) is 26.4 Å². The molecule has 0 saturated carbocycles. The van der Waals surface area contributed by atoms with E-state index in [-0.39, 0.29) is 24.1 Å². The monoisotopic (exact) mass is 458 g/mol. The van der Waals surface area contributed by atoms with Crippen LogP contribution in [0.15, 0.2) is 36.5 Å². The maximum atomic E-state index is 13.6. The van der Waals surface area contributed by atoms with Gasteiger partial charge in [-0.25, -0.2) is 18.6 Å². The number of hydrogen-bond acceptors (Lipinski definition) is 5. The molecule has 174 valence electrons. The molecule has 2 aromatic heterocycles. The van der Waals surface area contributed by atoms with Crippen LogP contribution >= 0.6 is 0 Å². The van der Waals surface area contributed by atoms with Crippen LogP contribution in [0.5, 0.6) is 0 Å². The molecule has 3 aromatic rings. The number of benzene rings is 1. The molecule has 0 aliphatic carbocycles. The Morgan fingerprint density at radius 2 is 2.00 bits per heavy atom. The van der Waals surface area contributed by atoms with E-state index in [4.69, 9.17) is 9.47 Å². The predicted octanol–water partition coefficient (Wildman–Crippen LogP) is 3.57. The number of amides is 2. The topological polar surface area (TPSA) is 85.2 Å². The van der Waals surface area contributed by atoms with Gasteiger partial charge in [-0.15, -0.1) is 0 Å². The highest BCUT2D eigenvalue weighted by Gasteiger charge is 2.29. The van der Waals surface area contributed by atoms with Gasteiger partial charge in [-0.2, -0.15) is 0 Å². The molecule has 33 heavy (non-hydrogen) atoms. The number of morpholine rings is 1. The van der Waals surface area contributed by atoms with E-state index in [0.717, 1.165) is 23.8 Å². The van der Waals surface area contributed by atoms with Gasteiger partial charge in [0.1, 0.15) is 17.3 Å². The fourth-order valence-electron chi connectivity index (χ4n) is 3.83. The van der Waals surface area contributed by atoms with Crippen LogP contribution in [0.25, 0.3) is 5.65 Å². The minimum absolute atomic E-state index is 0.0147. The van der Waals surface area contributed by atoms with Gasteiger partial charge in [0.05, 0.1) is 31.6 Å². The predicted molar refractivity (Wildman–Crippen MR) is 116 cm³/mol. The average molecular weight is 458 g/mol. The molecule has 0 spiro atoms. The van der Waals surface area contributed by atoms with Crippen molar-refractivity contribution in [1.29, 1.82) is 0 Å². The van der Waals surface area contributed by atoms with Crippen LogP contribution in [-0.2, 0) is 15.9 Å². The molecule has 0 unspecified atom stereocenters. The van der Waals surface area contributed by atoms with Crippen molar-refractivity contribution in [3.63, 3.8) is 0 Å². The molecule has 1 fully saturated rings. The Morgan fingerprint density at radius 1 is 1.24 bits per heavy atom. The zero-order chi connectivity index (χ0) is 23.5. The Hall–Kier alpha value is -3.53. The van der Waals surface area contributed by atoms with Crippen LogP contribution in [0.1, 0.15) is 28.7 Å². The van der Waals surface area contributed by atoms with E-state index in [1.54, 1.807) is 22.4 Å². The summed E-state index contributed by atoms with van der Waals surface area (Å²) in [6, 6.07) is 6.50. The Morgan fingerprint density at radius 3 is 2.73 bits per heavy atom. The first-order valence-electron chi connectivity index (χ1n) is 10.6. The standard InChI is InChI=1S/C23H24F2N4O4/c1-3-32-23(31)28-6-7-33-18(13-28)12-19-21(27-20-8-14(2)4-5-29(19)20)22(30)26-17-10-15(24)9-16(25)11-17/h4-5,8-11,18H,3,6-7,12-13H2,1-2H3,(H,26,30)/t18-/m0/s1. The van der Waals surface area contributed by atoms with Crippen LogP contribution in [0.3, 0.4) is 0 Å². The van der Waals surface area contributed by atoms with Crippen molar-refractivity contribution >= 4 is 23.3 Å². The zero-order valence-corrected chi connectivity index (χ0v) is 18.3. The lowest BCUT2D eigenvalue weighted by Gasteiger charge is -2.32. The van der Waals surface area contributed by atoms with E-state index in [2.05, 4.69) is 10.3 Å². The summed E-state index contributed by atoms with van der Waals surface area (Å²) in [4.78, 5) is 31.2. The molecule has 1 aliphatic heterocycles.